The Hall–Kier alpha value is 0.100. The standard InChI is InChI=1S/C11H19Br2N3/c1-3-5-16-10(14-9-15-16)6-11(4-2,7-12)8-13/h9H,3-8H2,1-2H3. The zero-order chi connectivity index (χ0) is 12.0. The molecular formula is C11H19Br2N3. The van der Waals surface area contributed by atoms with E-state index in [9.17, 15) is 0 Å². The van der Waals surface area contributed by atoms with E-state index in [-0.39, 0.29) is 5.41 Å². The third-order valence-electron chi connectivity index (χ3n) is 2.98. The summed E-state index contributed by atoms with van der Waals surface area (Å²) in [6, 6.07) is 0. The maximum absolute atomic E-state index is 4.37. The molecule has 0 aromatic carbocycles. The molecule has 0 saturated heterocycles. The molecule has 0 atom stereocenters. The van der Waals surface area contributed by atoms with Crippen LogP contribution in [0.1, 0.15) is 32.5 Å². The lowest BCUT2D eigenvalue weighted by atomic mass is 9.86. The second-order valence-corrected chi connectivity index (χ2v) is 5.32. The lowest BCUT2D eigenvalue weighted by Gasteiger charge is -2.28. The molecule has 1 rings (SSSR count). The zero-order valence-electron chi connectivity index (χ0n) is 9.92. The van der Waals surface area contributed by atoms with Gasteiger partial charge in [-0.05, 0) is 18.3 Å². The van der Waals surface area contributed by atoms with Gasteiger partial charge in [0.15, 0.2) is 0 Å². The fraction of sp³-hybridized carbons (Fsp3) is 0.818. The molecule has 0 N–H and O–H groups in total. The first-order valence-electron chi connectivity index (χ1n) is 5.70. The number of hydrogen-bond donors (Lipinski definition) is 0. The second kappa shape index (κ2) is 6.74. The second-order valence-electron chi connectivity index (χ2n) is 4.20. The molecule has 0 bridgehead atoms. The van der Waals surface area contributed by atoms with E-state index in [0.29, 0.717) is 0 Å². The van der Waals surface area contributed by atoms with Crippen molar-refractivity contribution < 1.29 is 0 Å². The Morgan fingerprint density at radius 2 is 2.00 bits per heavy atom. The molecule has 0 aliphatic carbocycles. The molecule has 16 heavy (non-hydrogen) atoms. The van der Waals surface area contributed by atoms with Crippen LogP contribution in [-0.4, -0.2) is 25.4 Å². The van der Waals surface area contributed by atoms with Gasteiger partial charge >= 0.3 is 0 Å². The number of halogens is 2. The van der Waals surface area contributed by atoms with Gasteiger partial charge in [0.25, 0.3) is 0 Å². The molecule has 0 unspecified atom stereocenters. The first-order chi connectivity index (χ1) is 7.71. The number of hydrogen-bond acceptors (Lipinski definition) is 2. The Kier molecular flexibility index (Phi) is 5.97. The van der Waals surface area contributed by atoms with Crippen molar-refractivity contribution in [3.05, 3.63) is 12.2 Å². The van der Waals surface area contributed by atoms with E-state index < -0.39 is 0 Å². The van der Waals surface area contributed by atoms with E-state index in [4.69, 9.17) is 0 Å². The minimum absolute atomic E-state index is 0.249. The summed E-state index contributed by atoms with van der Waals surface area (Å²) in [6.07, 6.45) is 4.86. The van der Waals surface area contributed by atoms with Crippen molar-refractivity contribution in [1.82, 2.24) is 14.8 Å². The smallest absolute Gasteiger partial charge is 0.138 e. The van der Waals surface area contributed by atoms with Crippen LogP contribution < -0.4 is 0 Å². The minimum atomic E-state index is 0.249. The highest BCUT2D eigenvalue weighted by atomic mass is 79.9. The SMILES string of the molecule is CCCn1ncnc1CC(CC)(CBr)CBr. The first kappa shape index (κ1) is 14.2. The first-order valence-corrected chi connectivity index (χ1v) is 7.94. The fourth-order valence-corrected chi connectivity index (χ4v) is 3.72. The highest BCUT2D eigenvalue weighted by molar-refractivity contribution is 9.09. The van der Waals surface area contributed by atoms with Gasteiger partial charge in [-0.3, -0.25) is 4.68 Å². The summed E-state index contributed by atoms with van der Waals surface area (Å²) in [5.41, 5.74) is 0.249. The molecule has 0 spiro atoms. The molecular weight excluding hydrogens is 334 g/mol. The molecule has 1 heterocycles. The van der Waals surface area contributed by atoms with Crippen LogP contribution in [0.3, 0.4) is 0 Å². The third-order valence-corrected chi connectivity index (χ3v) is 5.36. The number of aryl methyl sites for hydroxylation is 1. The maximum Gasteiger partial charge on any atom is 0.138 e. The van der Waals surface area contributed by atoms with Crippen molar-refractivity contribution >= 4 is 31.9 Å². The summed E-state index contributed by atoms with van der Waals surface area (Å²) in [4.78, 5) is 4.37. The lowest BCUT2D eigenvalue weighted by Crippen LogP contribution is -2.28. The highest BCUT2D eigenvalue weighted by Gasteiger charge is 2.28. The lowest BCUT2D eigenvalue weighted by molar-refractivity contribution is 0.354. The number of alkyl halides is 2. The van der Waals surface area contributed by atoms with Gasteiger partial charge in [-0.15, -0.1) is 0 Å². The van der Waals surface area contributed by atoms with Crippen molar-refractivity contribution in [2.24, 2.45) is 5.41 Å². The molecule has 92 valence electrons. The molecule has 0 amide bonds. The topological polar surface area (TPSA) is 30.7 Å². The molecule has 1 aromatic rings. The maximum atomic E-state index is 4.37. The molecule has 0 radical (unpaired) electrons. The number of aromatic nitrogens is 3. The van der Waals surface area contributed by atoms with Crippen molar-refractivity contribution in [2.75, 3.05) is 10.7 Å². The molecule has 0 saturated carbocycles. The molecule has 3 nitrogen and oxygen atoms in total. The largest absolute Gasteiger partial charge is 0.250 e. The molecule has 5 heteroatoms. The van der Waals surface area contributed by atoms with E-state index in [1.54, 1.807) is 6.33 Å². The average Bonchev–Trinajstić information content (AvgIpc) is 2.74. The van der Waals surface area contributed by atoms with E-state index in [1.807, 2.05) is 4.68 Å². The molecule has 1 aromatic heterocycles. The van der Waals surface area contributed by atoms with Gasteiger partial charge in [-0.1, -0.05) is 45.7 Å². The summed E-state index contributed by atoms with van der Waals surface area (Å²) in [6.45, 7) is 5.34. The van der Waals surface area contributed by atoms with Gasteiger partial charge in [0.1, 0.15) is 12.2 Å². The number of nitrogens with zero attached hydrogens (tertiary/aromatic N) is 3. The predicted molar refractivity (Wildman–Crippen MR) is 74.3 cm³/mol. The van der Waals surface area contributed by atoms with Crippen molar-refractivity contribution in [3.8, 4) is 0 Å². The molecule has 0 aliphatic rings. The summed E-state index contributed by atoms with van der Waals surface area (Å²) in [5.74, 6) is 1.10. The summed E-state index contributed by atoms with van der Waals surface area (Å²) >= 11 is 7.23. The van der Waals surface area contributed by atoms with Crippen LogP contribution in [0.15, 0.2) is 6.33 Å². The predicted octanol–water partition coefficient (Wildman–Crippen LogP) is 3.42. The van der Waals surface area contributed by atoms with Crippen LogP contribution in [-0.2, 0) is 13.0 Å². The summed E-state index contributed by atoms with van der Waals surface area (Å²) in [5, 5.41) is 6.24. The van der Waals surface area contributed by atoms with Crippen molar-refractivity contribution in [3.63, 3.8) is 0 Å². The molecule has 0 aliphatic heterocycles. The molecule has 0 fully saturated rings. The van der Waals surface area contributed by atoms with Crippen LogP contribution in [0, 0.1) is 5.41 Å². The Balaban J connectivity index is 2.80. The highest BCUT2D eigenvalue weighted by Crippen LogP contribution is 2.30. The Labute approximate surface area is 114 Å². The van der Waals surface area contributed by atoms with E-state index in [2.05, 4.69) is 55.8 Å². The van der Waals surface area contributed by atoms with Gasteiger partial charge < -0.3 is 0 Å². The van der Waals surface area contributed by atoms with Gasteiger partial charge in [0.2, 0.25) is 0 Å². The van der Waals surface area contributed by atoms with Crippen LogP contribution >= 0.6 is 31.9 Å². The normalized spacial score (nSPS) is 12.0. The van der Waals surface area contributed by atoms with Gasteiger partial charge in [-0.2, -0.15) is 5.10 Å². The zero-order valence-corrected chi connectivity index (χ0v) is 13.1. The van der Waals surface area contributed by atoms with E-state index in [0.717, 1.165) is 42.3 Å². The fourth-order valence-electron chi connectivity index (χ4n) is 1.60. The Bertz CT molecular complexity index is 300. The van der Waals surface area contributed by atoms with Crippen LogP contribution in [0.25, 0.3) is 0 Å². The van der Waals surface area contributed by atoms with E-state index in [1.165, 1.54) is 0 Å². The van der Waals surface area contributed by atoms with Crippen LogP contribution in [0.2, 0.25) is 0 Å². The quantitative estimate of drug-likeness (QED) is 0.704. The van der Waals surface area contributed by atoms with Gasteiger partial charge in [0, 0.05) is 23.6 Å². The number of rotatable bonds is 7. The Morgan fingerprint density at radius 1 is 1.31 bits per heavy atom. The van der Waals surface area contributed by atoms with E-state index >= 15 is 0 Å². The van der Waals surface area contributed by atoms with Gasteiger partial charge in [-0.25, -0.2) is 4.98 Å². The van der Waals surface area contributed by atoms with Crippen LogP contribution in [0.4, 0.5) is 0 Å². The monoisotopic (exact) mass is 351 g/mol. The van der Waals surface area contributed by atoms with Gasteiger partial charge in [0.05, 0.1) is 0 Å². The summed E-state index contributed by atoms with van der Waals surface area (Å²) in [7, 11) is 0. The van der Waals surface area contributed by atoms with Crippen molar-refractivity contribution in [2.45, 2.75) is 39.7 Å². The Morgan fingerprint density at radius 3 is 2.50 bits per heavy atom. The summed E-state index contributed by atoms with van der Waals surface area (Å²) < 4.78 is 2.02. The minimum Gasteiger partial charge on any atom is -0.250 e. The van der Waals surface area contributed by atoms with Crippen molar-refractivity contribution in [1.29, 1.82) is 0 Å². The van der Waals surface area contributed by atoms with Crippen LogP contribution in [0.5, 0.6) is 0 Å². The average molecular weight is 353 g/mol. The third kappa shape index (κ3) is 3.29.